The van der Waals surface area contributed by atoms with Gasteiger partial charge >= 0.3 is 0 Å². The first-order valence-corrected chi connectivity index (χ1v) is 9.15. The van der Waals surface area contributed by atoms with E-state index in [1.54, 1.807) is 41.3 Å². The Balaban J connectivity index is 1.86. The van der Waals surface area contributed by atoms with Crippen LogP contribution in [0, 0.1) is 5.92 Å². The highest BCUT2D eigenvalue weighted by Crippen LogP contribution is 2.43. The summed E-state index contributed by atoms with van der Waals surface area (Å²) in [6.07, 6.45) is 1.60. The van der Waals surface area contributed by atoms with Crippen LogP contribution in [0.1, 0.15) is 23.2 Å². The van der Waals surface area contributed by atoms with Gasteiger partial charge < -0.3 is 10.2 Å². The van der Waals surface area contributed by atoms with Gasteiger partial charge in [-0.05, 0) is 57.2 Å². The molecule has 134 valence electrons. The smallest absolute Gasteiger partial charge is 0.257 e. The van der Waals surface area contributed by atoms with Gasteiger partial charge in [-0.2, -0.15) is 0 Å². The van der Waals surface area contributed by atoms with Crippen LogP contribution < -0.4 is 10.2 Å². The Bertz CT molecular complexity index is 875. The molecule has 0 atom stereocenters. The molecular weight excluding hydrogens is 350 g/mol. The van der Waals surface area contributed by atoms with E-state index in [9.17, 15) is 9.59 Å². The van der Waals surface area contributed by atoms with Crippen LogP contribution in [0.5, 0.6) is 0 Å². The number of carbonyl (C=O) groups is 2. The number of amides is 2. The van der Waals surface area contributed by atoms with Crippen molar-refractivity contribution in [3.8, 4) is 0 Å². The minimum atomic E-state index is -0.234. The van der Waals surface area contributed by atoms with E-state index in [-0.39, 0.29) is 17.7 Å². The second kappa shape index (κ2) is 6.74. The summed E-state index contributed by atoms with van der Waals surface area (Å²) in [5, 5.41) is 3.33. The number of rotatable bonds is 1. The molecule has 2 amide bonds. The molecule has 26 heavy (non-hydrogen) atoms. The van der Waals surface area contributed by atoms with E-state index in [0.29, 0.717) is 27.6 Å². The maximum absolute atomic E-state index is 13.5. The third-order valence-electron chi connectivity index (χ3n) is 5.14. The molecule has 0 saturated carbocycles. The normalized spacial score (nSPS) is 17.9. The van der Waals surface area contributed by atoms with Gasteiger partial charge in [0.15, 0.2) is 0 Å². The van der Waals surface area contributed by atoms with Crippen molar-refractivity contribution in [3.63, 3.8) is 0 Å². The molecule has 0 unspecified atom stereocenters. The van der Waals surface area contributed by atoms with Gasteiger partial charge in [0.25, 0.3) is 5.91 Å². The maximum Gasteiger partial charge on any atom is 0.257 e. The van der Waals surface area contributed by atoms with Gasteiger partial charge in [0.05, 0.1) is 27.6 Å². The van der Waals surface area contributed by atoms with Crippen LogP contribution in [-0.4, -0.2) is 36.9 Å². The van der Waals surface area contributed by atoms with Crippen LogP contribution in [0.4, 0.5) is 17.1 Å². The molecule has 1 saturated heterocycles. The summed E-state index contributed by atoms with van der Waals surface area (Å²) in [6, 6.07) is 12.5. The first-order valence-electron chi connectivity index (χ1n) is 8.77. The molecular formula is C20H20ClN3O2. The average molecular weight is 370 g/mol. The highest BCUT2D eigenvalue weighted by atomic mass is 35.5. The molecule has 0 bridgehead atoms. The Morgan fingerprint density at radius 2 is 1.85 bits per heavy atom. The summed E-state index contributed by atoms with van der Waals surface area (Å²) in [4.78, 5) is 30.0. The van der Waals surface area contributed by atoms with Crippen molar-refractivity contribution >= 4 is 40.5 Å². The van der Waals surface area contributed by atoms with Crippen LogP contribution in [-0.2, 0) is 4.79 Å². The number of para-hydroxylation sites is 2. The zero-order valence-electron chi connectivity index (χ0n) is 14.5. The predicted molar refractivity (Wildman–Crippen MR) is 103 cm³/mol. The lowest BCUT2D eigenvalue weighted by Crippen LogP contribution is -2.40. The van der Waals surface area contributed by atoms with E-state index in [4.69, 9.17) is 11.6 Å². The minimum absolute atomic E-state index is 0.00333. The van der Waals surface area contributed by atoms with Gasteiger partial charge in [-0.15, -0.1) is 0 Å². The van der Waals surface area contributed by atoms with Crippen LogP contribution >= 0.6 is 11.6 Å². The molecule has 0 aliphatic carbocycles. The van der Waals surface area contributed by atoms with E-state index in [1.807, 2.05) is 6.07 Å². The molecule has 2 heterocycles. The molecule has 1 N–H and O–H groups in total. The number of benzene rings is 2. The SMILES string of the molecule is CN1CCC(C(=O)N2c3ccccc3C(=O)Nc3cccc(Cl)c32)CC1. The van der Waals surface area contributed by atoms with Gasteiger partial charge in [-0.3, -0.25) is 14.5 Å². The Morgan fingerprint density at radius 1 is 1.12 bits per heavy atom. The van der Waals surface area contributed by atoms with Crippen molar-refractivity contribution in [2.24, 2.45) is 5.92 Å². The number of halogens is 1. The van der Waals surface area contributed by atoms with Gasteiger partial charge in [-0.25, -0.2) is 0 Å². The van der Waals surface area contributed by atoms with Crippen molar-refractivity contribution in [1.29, 1.82) is 0 Å². The van der Waals surface area contributed by atoms with E-state index in [0.717, 1.165) is 25.9 Å². The summed E-state index contributed by atoms with van der Waals surface area (Å²) in [6.45, 7) is 1.77. The van der Waals surface area contributed by atoms with Crippen LogP contribution in [0.3, 0.4) is 0 Å². The van der Waals surface area contributed by atoms with Crippen LogP contribution in [0.25, 0.3) is 0 Å². The second-order valence-electron chi connectivity index (χ2n) is 6.86. The van der Waals surface area contributed by atoms with Gasteiger partial charge in [0.1, 0.15) is 0 Å². The predicted octanol–water partition coefficient (Wildman–Crippen LogP) is 3.91. The maximum atomic E-state index is 13.5. The number of hydrogen-bond donors (Lipinski definition) is 1. The van der Waals surface area contributed by atoms with Crippen molar-refractivity contribution in [2.45, 2.75) is 12.8 Å². The fourth-order valence-corrected chi connectivity index (χ4v) is 3.94. The highest BCUT2D eigenvalue weighted by Gasteiger charge is 2.35. The Morgan fingerprint density at radius 3 is 2.62 bits per heavy atom. The van der Waals surface area contributed by atoms with E-state index in [1.165, 1.54) is 0 Å². The summed E-state index contributed by atoms with van der Waals surface area (Å²) >= 11 is 6.48. The minimum Gasteiger partial charge on any atom is -0.320 e. The highest BCUT2D eigenvalue weighted by molar-refractivity contribution is 6.36. The molecule has 2 aliphatic rings. The van der Waals surface area contributed by atoms with E-state index < -0.39 is 0 Å². The number of nitrogens with one attached hydrogen (secondary N) is 1. The standard InChI is InChI=1S/C20H20ClN3O2/c1-23-11-9-13(10-12-23)20(26)24-17-8-3-2-5-14(17)19(25)22-16-7-4-6-15(21)18(16)24/h2-8,13H,9-12H2,1H3,(H,22,25). The number of anilines is 3. The van der Waals surface area contributed by atoms with Crippen molar-refractivity contribution < 1.29 is 9.59 Å². The zero-order chi connectivity index (χ0) is 18.3. The zero-order valence-corrected chi connectivity index (χ0v) is 15.3. The van der Waals surface area contributed by atoms with Crippen LogP contribution in [0.2, 0.25) is 5.02 Å². The lowest BCUT2D eigenvalue weighted by molar-refractivity contribution is -0.122. The summed E-state index contributed by atoms with van der Waals surface area (Å²) < 4.78 is 0. The first-order chi connectivity index (χ1) is 12.6. The molecule has 2 aromatic rings. The summed E-state index contributed by atoms with van der Waals surface area (Å²) in [5.74, 6) is -0.323. The molecule has 6 heteroatoms. The first kappa shape index (κ1) is 17.1. The molecule has 4 rings (SSSR count). The molecule has 5 nitrogen and oxygen atoms in total. The molecule has 2 aromatic carbocycles. The third kappa shape index (κ3) is 2.87. The Labute approximate surface area is 157 Å². The fourth-order valence-electron chi connectivity index (χ4n) is 3.68. The fraction of sp³-hybridized carbons (Fsp3) is 0.300. The van der Waals surface area contributed by atoms with Gasteiger partial charge in [0, 0.05) is 5.92 Å². The number of carbonyl (C=O) groups excluding carboxylic acids is 2. The molecule has 1 fully saturated rings. The van der Waals surface area contributed by atoms with Crippen molar-refractivity contribution in [1.82, 2.24) is 4.90 Å². The number of piperidine rings is 1. The van der Waals surface area contributed by atoms with Crippen molar-refractivity contribution in [3.05, 3.63) is 53.1 Å². The monoisotopic (exact) mass is 369 g/mol. The average Bonchev–Trinajstić information content (AvgIpc) is 2.77. The second-order valence-corrected chi connectivity index (χ2v) is 7.27. The Hall–Kier alpha value is -2.37. The molecule has 0 aromatic heterocycles. The largest absolute Gasteiger partial charge is 0.320 e. The van der Waals surface area contributed by atoms with Crippen LogP contribution in [0.15, 0.2) is 42.5 Å². The topological polar surface area (TPSA) is 52.7 Å². The van der Waals surface area contributed by atoms with E-state index in [2.05, 4.69) is 17.3 Å². The van der Waals surface area contributed by atoms with Gasteiger partial charge in [-0.1, -0.05) is 29.8 Å². The summed E-state index contributed by atoms with van der Waals surface area (Å²) in [7, 11) is 2.07. The lowest BCUT2D eigenvalue weighted by Gasteiger charge is -2.33. The number of fused-ring (bicyclic) bond motifs is 2. The van der Waals surface area contributed by atoms with Crippen molar-refractivity contribution in [2.75, 3.05) is 30.4 Å². The molecule has 2 aliphatic heterocycles. The quantitative estimate of drug-likeness (QED) is 0.829. The molecule has 0 radical (unpaired) electrons. The molecule has 0 spiro atoms. The Kier molecular flexibility index (Phi) is 4.42. The number of hydrogen-bond acceptors (Lipinski definition) is 3. The van der Waals surface area contributed by atoms with Gasteiger partial charge in [0.2, 0.25) is 5.91 Å². The third-order valence-corrected chi connectivity index (χ3v) is 5.44. The number of nitrogens with zero attached hydrogens (tertiary/aromatic N) is 2. The number of likely N-dealkylation sites (tertiary alicyclic amines) is 1. The lowest BCUT2D eigenvalue weighted by atomic mass is 9.94. The van der Waals surface area contributed by atoms with E-state index >= 15 is 0 Å². The summed E-state index contributed by atoms with van der Waals surface area (Å²) in [5.41, 5.74) is 2.16.